The van der Waals surface area contributed by atoms with E-state index in [0.29, 0.717) is 17.0 Å². The van der Waals surface area contributed by atoms with Gasteiger partial charge < -0.3 is 19.8 Å². The zero-order valence-electron chi connectivity index (χ0n) is 15.7. The van der Waals surface area contributed by atoms with Crippen LogP contribution in [-0.4, -0.2) is 28.5 Å². The molecule has 0 fully saturated rings. The van der Waals surface area contributed by atoms with E-state index in [-0.39, 0.29) is 22.7 Å². The van der Waals surface area contributed by atoms with Crippen molar-refractivity contribution in [3.05, 3.63) is 63.3 Å². The summed E-state index contributed by atoms with van der Waals surface area (Å²) in [5.41, 5.74) is 0.312. The number of nitrogens with one attached hydrogen (secondary N) is 1. The highest BCUT2D eigenvalue weighted by Gasteiger charge is 2.25. The van der Waals surface area contributed by atoms with Gasteiger partial charge in [0.05, 0.1) is 12.8 Å². The Morgan fingerprint density at radius 2 is 2.04 bits per heavy atom. The fraction of sp³-hybridized carbons (Fsp3) is 0.350. The van der Waals surface area contributed by atoms with Crippen LogP contribution in [0.15, 0.2) is 46.6 Å². The number of allylic oxidation sites excluding steroid dienone is 4. The second kappa shape index (κ2) is 7.15. The van der Waals surface area contributed by atoms with Crippen LogP contribution in [0, 0.1) is 10.8 Å². The van der Waals surface area contributed by atoms with Crippen molar-refractivity contribution in [2.75, 3.05) is 7.11 Å². The van der Waals surface area contributed by atoms with Gasteiger partial charge in [0.15, 0.2) is 5.43 Å². The van der Waals surface area contributed by atoms with Gasteiger partial charge in [0.2, 0.25) is 0 Å². The molecular formula is C20H24N2O4. The molecule has 0 aliphatic heterocycles. The zero-order valence-corrected chi connectivity index (χ0v) is 15.7. The number of carboxylic acids is 1. The first-order chi connectivity index (χ1) is 12.1. The number of aromatic nitrogens is 1. The van der Waals surface area contributed by atoms with Gasteiger partial charge in [-0.15, -0.1) is 0 Å². The number of rotatable bonds is 4. The van der Waals surface area contributed by atoms with E-state index in [1.165, 1.54) is 19.4 Å². The van der Waals surface area contributed by atoms with Gasteiger partial charge in [-0.25, -0.2) is 4.79 Å². The van der Waals surface area contributed by atoms with Gasteiger partial charge in [0.25, 0.3) is 0 Å². The average Bonchev–Trinajstić information content (AvgIpc) is 2.55. The highest BCUT2D eigenvalue weighted by Crippen LogP contribution is 2.32. The van der Waals surface area contributed by atoms with Crippen LogP contribution in [0.5, 0.6) is 0 Å². The number of pyridine rings is 1. The number of carboxylic acid groups (broad SMARTS) is 1. The molecule has 2 rings (SSSR count). The molecule has 2 N–H and O–H groups in total. The van der Waals surface area contributed by atoms with Crippen molar-refractivity contribution in [1.29, 1.82) is 5.41 Å². The number of nitrogens with zero attached hydrogens (tertiary/aromatic N) is 1. The van der Waals surface area contributed by atoms with Crippen LogP contribution >= 0.6 is 0 Å². The molecule has 6 heteroatoms. The molecule has 1 heterocycles. The highest BCUT2D eigenvalue weighted by molar-refractivity contribution is 6.13. The number of hydrogen-bond acceptors (Lipinski definition) is 4. The summed E-state index contributed by atoms with van der Waals surface area (Å²) in [4.78, 5) is 23.6. The monoisotopic (exact) mass is 356 g/mol. The number of hydrogen-bond donors (Lipinski definition) is 2. The third-order valence-corrected chi connectivity index (χ3v) is 4.59. The smallest absolute Gasteiger partial charge is 0.341 e. The van der Waals surface area contributed by atoms with E-state index in [9.17, 15) is 14.7 Å². The molecule has 1 aliphatic carbocycles. The molecule has 6 nitrogen and oxygen atoms in total. The van der Waals surface area contributed by atoms with E-state index < -0.39 is 11.4 Å². The van der Waals surface area contributed by atoms with E-state index >= 15 is 0 Å². The Balaban J connectivity index is 2.73. The van der Waals surface area contributed by atoms with Crippen molar-refractivity contribution in [2.45, 2.75) is 33.7 Å². The van der Waals surface area contributed by atoms with Crippen molar-refractivity contribution in [3.63, 3.8) is 0 Å². The second-order valence-electron chi connectivity index (χ2n) is 7.30. The number of methoxy groups -OCH3 is 1. The Morgan fingerprint density at radius 3 is 2.58 bits per heavy atom. The van der Waals surface area contributed by atoms with Crippen molar-refractivity contribution < 1.29 is 14.6 Å². The standard InChI is InChI=1S/C20H24N2O4/c1-12(20(2,3)4)22-11-15(19(24)25)17(23)10-13(22)9-14-16(21)7-6-8-18(14)26-5/h6-12,21H,1-5H3,(H,24,25)/b14-9-,21-16?. The van der Waals surface area contributed by atoms with Crippen molar-refractivity contribution in [1.82, 2.24) is 4.57 Å². The number of ether oxygens (including phenoxy) is 1. The summed E-state index contributed by atoms with van der Waals surface area (Å²) < 4.78 is 7.10. The topological polar surface area (TPSA) is 92.4 Å². The summed E-state index contributed by atoms with van der Waals surface area (Å²) in [7, 11) is 1.52. The molecule has 0 bridgehead atoms. The van der Waals surface area contributed by atoms with Crippen LogP contribution in [-0.2, 0) is 4.74 Å². The SMILES string of the molecule is COC1=CC=CC(=N)/C1=C/c1cc(=O)c(C(=O)O)cn1C(C)C(C)(C)C. The molecule has 0 amide bonds. The first kappa shape index (κ1) is 19.4. The first-order valence-corrected chi connectivity index (χ1v) is 8.29. The summed E-state index contributed by atoms with van der Waals surface area (Å²) in [6.45, 7) is 8.09. The minimum Gasteiger partial charge on any atom is -0.496 e. The summed E-state index contributed by atoms with van der Waals surface area (Å²) in [6, 6.07) is 1.22. The van der Waals surface area contributed by atoms with Gasteiger partial charge in [-0.3, -0.25) is 4.79 Å². The maximum atomic E-state index is 12.2. The molecule has 138 valence electrons. The molecule has 26 heavy (non-hydrogen) atoms. The van der Waals surface area contributed by atoms with Gasteiger partial charge >= 0.3 is 5.97 Å². The lowest BCUT2D eigenvalue weighted by molar-refractivity contribution is 0.0693. The van der Waals surface area contributed by atoms with E-state index in [2.05, 4.69) is 0 Å². The predicted molar refractivity (Wildman–Crippen MR) is 102 cm³/mol. The molecule has 0 saturated carbocycles. The normalized spacial score (nSPS) is 17.2. The Kier molecular flexibility index (Phi) is 5.35. The molecule has 1 aromatic heterocycles. The molecule has 1 unspecified atom stereocenters. The van der Waals surface area contributed by atoms with Gasteiger partial charge in [0.1, 0.15) is 11.3 Å². The Hall–Kier alpha value is -2.89. The lowest BCUT2D eigenvalue weighted by atomic mass is 9.87. The lowest BCUT2D eigenvalue weighted by Crippen LogP contribution is -2.27. The van der Waals surface area contributed by atoms with Crippen LogP contribution in [0.25, 0.3) is 6.08 Å². The summed E-state index contributed by atoms with van der Waals surface area (Å²) in [5.74, 6) is -0.739. The summed E-state index contributed by atoms with van der Waals surface area (Å²) in [5, 5.41) is 17.4. The molecule has 0 spiro atoms. The largest absolute Gasteiger partial charge is 0.496 e. The van der Waals surface area contributed by atoms with Gasteiger partial charge in [-0.2, -0.15) is 0 Å². The lowest BCUT2D eigenvalue weighted by Gasteiger charge is -2.31. The van der Waals surface area contributed by atoms with E-state index in [4.69, 9.17) is 10.1 Å². The van der Waals surface area contributed by atoms with Crippen LogP contribution in [0.1, 0.15) is 49.8 Å². The maximum absolute atomic E-state index is 12.2. The van der Waals surface area contributed by atoms with E-state index in [1.807, 2.05) is 27.7 Å². The number of aromatic carboxylic acids is 1. The molecule has 1 aromatic rings. The molecule has 0 saturated heterocycles. The summed E-state index contributed by atoms with van der Waals surface area (Å²) in [6.07, 6.45) is 8.17. The quantitative estimate of drug-likeness (QED) is 0.861. The Labute approximate surface area is 152 Å². The zero-order chi connectivity index (χ0) is 19.6. The van der Waals surface area contributed by atoms with Crippen LogP contribution in [0.3, 0.4) is 0 Å². The third-order valence-electron chi connectivity index (χ3n) is 4.59. The van der Waals surface area contributed by atoms with Crippen molar-refractivity contribution in [2.24, 2.45) is 5.41 Å². The minimum atomic E-state index is -1.25. The minimum absolute atomic E-state index is 0.0867. The van der Waals surface area contributed by atoms with Gasteiger partial charge in [-0.05, 0) is 30.6 Å². The van der Waals surface area contributed by atoms with Crippen LogP contribution < -0.4 is 5.43 Å². The Morgan fingerprint density at radius 1 is 1.38 bits per heavy atom. The second-order valence-corrected chi connectivity index (χ2v) is 7.30. The maximum Gasteiger partial charge on any atom is 0.341 e. The third kappa shape index (κ3) is 3.85. The van der Waals surface area contributed by atoms with E-state index in [1.54, 1.807) is 28.9 Å². The van der Waals surface area contributed by atoms with Gasteiger partial charge in [0, 0.05) is 29.6 Å². The van der Waals surface area contributed by atoms with Crippen LogP contribution in [0.4, 0.5) is 0 Å². The molecule has 0 aromatic carbocycles. The van der Waals surface area contributed by atoms with Gasteiger partial charge in [-0.1, -0.05) is 26.8 Å². The first-order valence-electron chi connectivity index (χ1n) is 8.29. The molecular weight excluding hydrogens is 332 g/mol. The molecule has 1 atom stereocenters. The average molecular weight is 356 g/mol. The Bertz CT molecular complexity index is 895. The fourth-order valence-corrected chi connectivity index (χ4v) is 2.61. The van der Waals surface area contributed by atoms with Crippen molar-refractivity contribution >= 4 is 17.8 Å². The van der Waals surface area contributed by atoms with E-state index in [0.717, 1.165) is 0 Å². The molecule has 0 radical (unpaired) electrons. The highest BCUT2D eigenvalue weighted by atomic mass is 16.5. The molecule has 1 aliphatic rings. The number of carbonyl (C=O) groups is 1. The van der Waals surface area contributed by atoms with Crippen molar-refractivity contribution in [3.8, 4) is 0 Å². The predicted octanol–water partition coefficient (Wildman–Crippen LogP) is 3.66. The fourth-order valence-electron chi connectivity index (χ4n) is 2.61. The summed E-state index contributed by atoms with van der Waals surface area (Å²) >= 11 is 0. The van der Waals surface area contributed by atoms with Crippen LogP contribution in [0.2, 0.25) is 0 Å².